The van der Waals surface area contributed by atoms with Gasteiger partial charge in [0.25, 0.3) is 5.91 Å². The first-order valence-electron chi connectivity index (χ1n) is 16.6. The number of carbonyl (C=O) groups excluding carboxylic acids is 2. The van der Waals surface area contributed by atoms with Gasteiger partial charge in [0, 0.05) is 36.0 Å². The van der Waals surface area contributed by atoms with Gasteiger partial charge in [-0.05, 0) is 106 Å². The molecule has 2 aromatic rings. The Labute approximate surface area is 278 Å². The molecule has 3 aliphatic rings. The molecule has 1 spiro atoms. The fourth-order valence-corrected chi connectivity index (χ4v) is 8.59. The third kappa shape index (κ3) is 6.90. The number of unbranched alkanes of at least 4 members (excludes halogenated alkanes) is 1. The molecule has 11 heteroatoms. The number of halogens is 1. The Bertz CT molecular complexity index is 1570. The molecule has 3 N–H and O–H groups in total. The van der Waals surface area contributed by atoms with Crippen molar-refractivity contribution in [3.63, 3.8) is 0 Å². The first-order valence-corrected chi connectivity index (χ1v) is 18.5. The summed E-state index contributed by atoms with van der Waals surface area (Å²) >= 11 is 6.42. The lowest BCUT2D eigenvalue weighted by Crippen LogP contribution is -2.62. The number of aliphatic hydroxyl groups excluding tert-OH is 1. The summed E-state index contributed by atoms with van der Waals surface area (Å²) < 4.78 is 33.9. The standard InChI is InChI=1S/C35H48ClN3O6S/c1-5-6-16-35(21-40,37-24(4)41)30-12-9-27(30)19-39-20-34(15-7-8-25-17-28(36)11-13-29(25)34)22-45-32-14-10-26(18-31(32)39)33(42)38-46(43,44)23(2)3/h10-11,13-14,17-18,23,27,30,40H,5-9,12,15-16,19-22H2,1-4H3,(H,37,41)(H,38,42)/t27-,30+,34-,35-/m0/s1. The van der Waals surface area contributed by atoms with Gasteiger partial charge in [-0.15, -0.1) is 0 Å². The first kappa shape index (κ1) is 34.5. The summed E-state index contributed by atoms with van der Waals surface area (Å²) in [5, 5.41) is 13.8. The first-order chi connectivity index (χ1) is 21.8. The molecular formula is C35H48ClN3O6S. The Morgan fingerprint density at radius 3 is 2.63 bits per heavy atom. The minimum Gasteiger partial charge on any atom is -0.490 e. The summed E-state index contributed by atoms with van der Waals surface area (Å²) in [7, 11) is -3.82. The minimum atomic E-state index is -3.82. The molecule has 1 heterocycles. The van der Waals surface area contributed by atoms with Gasteiger partial charge < -0.3 is 20.1 Å². The Morgan fingerprint density at radius 1 is 1.20 bits per heavy atom. The maximum atomic E-state index is 13.2. The number of hydrogen-bond donors (Lipinski definition) is 3. The van der Waals surface area contributed by atoms with Crippen LogP contribution in [0.3, 0.4) is 0 Å². The Hall–Kier alpha value is -2.82. The van der Waals surface area contributed by atoms with E-state index in [4.69, 9.17) is 16.3 Å². The molecule has 2 amide bonds. The van der Waals surface area contributed by atoms with Gasteiger partial charge in [0.2, 0.25) is 15.9 Å². The van der Waals surface area contributed by atoms with Crippen molar-refractivity contribution in [2.24, 2.45) is 11.8 Å². The quantitative estimate of drug-likeness (QED) is 0.293. The predicted octanol–water partition coefficient (Wildman–Crippen LogP) is 5.36. The molecule has 0 saturated heterocycles. The lowest BCUT2D eigenvalue weighted by molar-refractivity contribution is -0.124. The zero-order valence-electron chi connectivity index (χ0n) is 27.4. The number of rotatable bonds is 11. The van der Waals surface area contributed by atoms with E-state index < -0.39 is 26.7 Å². The van der Waals surface area contributed by atoms with Crippen LogP contribution in [0.5, 0.6) is 5.75 Å². The maximum absolute atomic E-state index is 13.2. The Balaban J connectivity index is 1.54. The molecule has 0 radical (unpaired) electrons. The largest absolute Gasteiger partial charge is 0.490 e. The highest BCUT2D eigenvalue weighted by Crippen LogP contribution is 2.48. The second-order valence-corrected chi connectivity index (χ2v) is 16.5. The van der Waals surface area contributed by atoms with Gasteiger partial charge in [-0.3, -0.25) is 9.59 Å². The molecule has 2 aromatic carbocycles. The molecule has 0 aromatic heterocycles. The topological polar surface area (TPSA) is 125 Å². The predicted molar refractivity (Wildman–Crippen MR) is 181 cm³/mol. The number of aliphatic hydroxyl groups is 1. The van der Waals surface area contributed by atoms with E-state index in [2.05, 4.69) is 34.0 Å². The molecule has 0 unspecified atom stereocenters. The zero-order chi connectivity index (χ0) is 33.3. The van der Waals surface area contributed by atoms with Crippen LogP contribution in [0.2, 0.25) is 5.02 Å². The highest BCUT2D eigenvalue weighted by molar-refractivity contribution is 7.90. The van der Waals surface area contributed by atoms with E-state index in [1.165, 1.54) is 31.9 Å². The summed E-state index contributed by atoms with van der Waals surface area (Å²) in [5.74, 6) is 0.0628. The summed E-state index contributed by atoms with van der Waals surface area (Å²) in [6.07, 6.45) is 7.24. The molecular weight excluding hydrogens is 626 g/mol. The van der Waals surface area contributed by atoms with E-state index in [0.717, 1.165) is 50.6 Å². The van der Waals surface area contributed by atoms with Crippen LogP contribution in [0, 0.1) is 11.8 Å². The number of aryl methyl sites for hydroxylation is 1. The molecule has 0 bridgehead atoms. The van der Waals surface area contributed by atoms with Crippen molar-refractivity contribution in [3.8, 4) is 5.75 Å². The number of benzene rings is 2. The molecule has 46 heavy (non-hydrogen) atoms. The lowest BCUT2D eigenvalue weighted by Gasteiger charge is -2.52. The van der Waals surface area contributed by atoms with Crippen LogP contribution in [0.15, 0.2) is 36.4 Å². The average Bonchev–Trinajstić information content (AvgIpc) is 3.14. The van der Waals surface area contributed by atoms with E-state index in [9.17, 15) is 23.1 Å². The third-order valence-corrected chi connectivity index (χ3v) is 12.4. The number of amides is 2. The third-order valence-electron chi connectivity index (χ3n) is 10.4. The maximum Gasteiger partial charge on any atom is 0.264 e. The molecule has 1 fully saturated rings. The van der Waals surface area contributed by atoms with Crippen molar-refractivity contribution in [1.82, 2.24) is 10.0 Å². The summed E-state index contributed by atoms with van der Waals surface area (Å²) in [6, 6.07) is 11.2. The highest BCUT2D eigenvalue weighted by atomic mass is 35.5. The number of nitrogens with zero attached hydrogens (tertiary/aromatic N) is 1. The number of ether oxygens (including phenoxy) is 1. The normalized spacial score (nSPS) is 23.8. The molecule has 9 nitrogen and oxygen atoms in total. The van der Waals surface area contributed by atoms with Crippen molar-refractivity contribution >= 4 is 39.1 Å². The minimum absolute atomic E-state index is 0.0802. The highest BCUT2D eigenvalue weighted by Gasteiger charge is 2.49. The van der Waals surface area contributed by atoms with Gasteiger partial charge in [0.05, 0.1) is 29.7 Å². The number of anilines is 1. The number of sulfonamides is 1. The van der Waals surface area contributed by atoms with E-state index in [1.807, 2.05) is 6.07 Å². The van der Waals surface area contributed by atoms with Crippen LogP contribution < -0.4 is 19.7 Å². The van der Waals surface area contributed by atoms with Gasteiger partial charge in [0.15, 0.2) is 0 Å². The smallest absolute Gasteiger partial charge is 0.264 e. The SMILES string of the molecule is CCCC[C@@](CO)(NC(C)=O)[C@@H]1CC[C@H]1CN1C[C@@]2(CCCc3cc(Cl)ccc32)COc2ccc(C(=O)NS(=O)(=O)C(C)C)cc21. The molecule has 1 saturated carbocycles. The second kappa shape index (κ2) is 13.7. The van der Waals surface area contributed by atoms with Gasteiger partial charge >= 0.3 is 0 Å². The van der Waals surface area contributed by atoms with Gasteiger partial charge in [-0.1, -0.05) is 37.4 Å². The summed E-state index contributed by atoms with van der Waals surface area (Å²) in [5.41, 5.74) is 2.39. The fraction of sp³-hybridized carbons (Fsp3) is 0.600. The molecule has 1 aliphatic heterocycles. The van der Waals surface area contributed by atoms with Crippen LogP contribution in [-0.4, -0.2) is 62.4 Å². The van der Waals surface area contributed by atoms with Gasteiger partial charge in [-0.2, -0.15) is 0 Å². The fourth-order valence-electron chi connectivity index (χ4n) is 7.78. The van der Waals surface area contributed by atoms with Crippen LogP contribution >= 0.6 is 11.6 Å². The number of fused-ring (bicyclic) bond motifs is 3. The van der Waals surface area contributed by atoms with Crippen LogP contribution in [0.4, 0.5) is 5.69 Å². The average molecular weight is 674 g/mol. The Morgan fingerprint density at radius 2 is 1.98 bits per heavy atom. The van der Waals surface area contributed by atoms with Crippen molar-refractivity contribution in [2.75, 3.05) is 31.2 Å². The number of hydrogen-bond acceptors (Lipinski definition) is 7. The molecule has 4 atom stereocenters. The van der Waals surface area contributed by atoms with Gasteiger partial charge in [-0.25, -0.2) is 13.1 Å². The van der Waals surface area contributed by atoms with E-state index in [-0.39, 0.29) is 35.3 Å². The molecule has 5 rings (SSSR count). The van der Waals surface area contributed by atoms with E-state index in [1.54, 1.807) is 18.2 Å². The monoisotopic (exact) mass is 673 g/mol. The number of carbonyl (C=O) groups is 2. The van der Waals surface area contributed by atoms with E-state index >= 15 is 0 Å². The van der Waals surface area contributed by atoms with Crippen LogP contribution in [0.25, 0.3) is 0 Å². The van der Waals surface area contributed by atoms with Crippen molar-refractivity contribution < 1.29 is 27.9 Å². The summed E-state index contributed by atoms with van der Waals surface area (Å²) in [6.45, 7) is 8.27. The summed E-state index contributed by atoms with van der Waals surface area (Å²) in [4.78, 5) is 27.9. The van der Waals surface area contributed by atoms with Crippen molar-refractivity contribution in [1.29, 1.82) is 0 Å². The molecule has 252 valence electrons. The van der Waals surface area contributed by atoms with Crippen molar-refractivity contribution in [2.45, 2.75) is 95.3 Å². The van der Waals surface area contributed by atoms with Crippen LogP contribution in [-0.2, 0) is 26.7 Å². The molecule has 2 aliphatic carbocycles. The number of nitrogens with one attached hydrogen (secondary N) is 2. The lowest BCUT2D eigenvalue weighted by atomic mass is 9.61. The van der Waals surface area contributed by atoms with E-state index in [0.29, 0.717) is 36.9 Å². The van der Waals surface area contributed by atoms with Crippen molar-refractivity contribution in [3.05, 3.63) is 58.1 Å². The van der Waals surface area contributed by atoms with Gasteiger partial charge in [0.1, 0.15) is 5.75 Å². The van der Waals surface area contributed by atoms with Crippen LogP contribution in [0.1, 0.15) is 94.1 Å². The second-order valence-electron chi connectivity index (χ2n) is 13.9. The Kier molecular flexibility index (Phi) is 10.3. The zero-order valence-corrected chi connectivity index (χ0v) is 29.0.